The van der Waals surface area contributed by atoms with Gasteiger partial charge in [-0.15, -0.1) is 0 Å². The summed E-state index contributed by atoms with van der Waals surface area (Å²) >= 11 is 0. The molecule has 0 fully saturated rings. The summed E-state index contributed by atoms with van der Waals surface area (Å²) in [5.74, 6) is 0. The van der Waals surface area contributed by atoms with Crippen LogP contribution >= 0.6 is 0 Å². The van der Waals surface area contributed by atoms with Crippen molar-refractivity contribution in [1.82, 2.24) is 0 Å². The molecule has 26 valence electrons. The van der Waals surface area contributed by atoms with Crippen molar-refractivity contribution in [2.24, 2.45) is 0 Å². The van der Waals surface area contributed by atoms with Crippen LogP contribution in [0.25, 0.3) is 0 Å². The Hall–Kier alpha value is 2.56. The molecule has 0 radical (unpaired) electrons. The Morgan fingerprint density at radius 3 is 1.00 bits per heavy atom. The zero-order valence-electron chi connectivity index (χ0n) is 0.500. The molecule has 0 saturated heterocycles. The molecule has 0 heterocycles. The first-order valence-corrected chi connectivity index (χ1v) is 0. The van der Waals surface area contributed by atoms with E-state index >= 15 is 0 Å². The van der Waals surface area contributed by atoms with Crippen LogP contribution in [0.4, 0.5) is 0 Å². The molecule has 0 saturated carbocycles. The summed E-state index contributed by atoms with van der Waals surface area (Å²) in [6.45, 7) is 0. The van der Waals surface area contributed by atoms with Gasteiger partial charge < -0.3 is 0 Å². The van der Waals surface area contributed by atoms with Gasteiger partial charge in [-0.05, 0) is 0 Å². The van der Waals surface area contributed by atoms with Gasteiger partial charge in [-0.2, -0.15) is 0 Å². The van der Waals surface area contributed by atoms with Crippen molar-refractivity contribution >= 4 is 80.1 Å². The molecule has 0 nitrogen and oxygen atoms in total. The van der Waals surface area contributed by atoms with E-state index in [1.165, 1.54) is 0 Å². The van der Waals surface area contributed by atoms with Crippen molar-refractivity contribution < 1.29 is 0 Å². The third-order valence-electron chi connectivity index (χ3n) is 0. The third-order valence-corrected chi connectivity index (χ3v) is 0. The van der Waals surface area contributed by atoms with Gasteiger partial charge in [0.1, 0.15) is 0 Å². The zero-order valence-corrected chi connectivity index (χ0v) is 2.60. The zero-order chi connectivity index (χ0) is 0. The molecule has 0 unspecified atom stereocenters. The number of hydrogen-bond donors (Lipinski definition) is 0. The SMILES string of the molecule is [AlH3].[GaH3].[InH3].[SeH2]. The Morgan fingerprint density at radius 2 is 1.00 bits per heavy atom. The predicted octanol–water partition coefficient (Wildman–Crippen LogP) is -4.47. The van der Waals surface area contributed by atoms with E-state index < -0.39 is 0 Å². The summed E-state index contributed by atoms with van der Waals surface area (Å²) in [5.41, 5.74) is 0. The van der Waals surface area contributed by atoms with Gasteiger partial charge in [0.05, 0.1) is 0 Å². The fourth-order valence-corrected chi connectivity index (χ4v) is 0. The normalized spacial score (nSPS) is 0. The van der Waals surface area contributed by atoms with E-state index in [2.05, 4.69) is 0 Å². The van der Waals surface area contributed by atoms with Crippen LogP contribution in [0.3, 0.4) is 0 Å². The minimum absolute atomic E-state index is 0. The number of hydrogen-bond acceptors (Lipinski definition) is 0. The van der Waals surface area contributed by atoms with Crippen LogP contribution in [0.15, 0.2) is 0 Å². The molecule has 0 bridgehead atoms. The Kier molecular flexibility index (Phi) is 137. The molecule has 0 amide bonds. The summed E-state index contributed by atoms with van der Waals surface area (Å²) in [5, 5.41) is 0. The maximum absolute atomic E-state index is 0. The minimum atomic E-state index is 0. The quantitative estimate of drug-likeness (QED) is 0.396. The van der Waals surface area contributed by atoms with Crippen LogP contribution in [0.2, 0.25) is 0 Å². The first-order chi connectivity index (χ1) is 0. The molecule has 0 aliphatic rings. The van der Waals surface area contributed by atoms with Crippen LogP contribution < -0.4 is 0 Å². The predicted molar refractivity (Wildman–Crippen MR) is 38.4 cm³/mol. The van der Waals surface area contributed by atoms with E-state index in [1.54, 1.807) is 0 Å². The Labute approximate surface area is 78.9 Å². The van der Waals surface area contributed by atoms with Gasteiger partial charge in [-0.3, -0.25) is 0 Å². The standard InChI is InChI=1S/Al.Ga.In.H2Se.9H/h;;;1H2;;;;;;;;;. The Morgan fingerprint density at radius 1 is 1.00 bits per heavy atom. The van der Waals surface area contributed by atoms with E-state index in [-0.39, 0.29) is 80.1 Å². The number of rotatable bonds is 0. The van der Waals surface area contributed by atoms with Crippen molar-refractivity contribution in [1.29, 1.82) is 0 Å². The molecule has 4 heteroatoms. The second kappa shape index (κ2) is 17.6. The van der Waals surface area contributed by atoms with Gasteiger partial charge in [0, 0.05) is 0 Å². The van der Waals surface area contributed by atoms with E-state index in [0.717, 1.165) is 0 Å². The van der Waals surface area contributed by atoms with Crippen molar-refractivity contribution in [3.8, 4) is 0 Å². The average molecular weight is 302 g/mol. The fraction of sp³-hybridized carbons (Fsp3) is 0. The first-order valence-electron chi connectivity index (χ1n) is 0. The Bertz CT molecular complexity index is 8.00. The molecule has 0 aromatic carbocycles. The molecule has 0 aromatic rings. The van der Waals surface area contributed by atoms with Crippen LogP contribution in [0.1, 0.15) is 0 Å². The van der Waals surface area contributed by atoms with Gasteiger partial charge in [0.2, 0.25) is 0 Å². The second-order valence-electron chi connectivity index (χ2n) is 0. The summed E-state index contributed by atoms with van der Waals surface area (Å²) in [4.78, 5) is 0. The monoisotopic (exact) mass is 302 g/mol. The summed E-state index contributed by atoms with van der Waals surface area (Å²) in [6.07, 6.45) is 0. The molecule has 0 rings (SSSR count). The van der Waals surface area contributed by atoms with Crippen molar-refractivity contribution in [2.45, 2.75) is 0 Å². The van der Waals surface area contributed by atoms with Gasteiger partial charge in [0.25, 0.3) is 0 Å². The average Bonchev–Trinajstić information content (AvgIpc) is 0. The molecule has 4 heavy (non-hydrogen) atoms. The fourth-order valence-electron chi connectivity index (χ4n) is 0. The van der Waals surface area contributed by atoms with E-state index in [4.69, 9.17) is 0 Å². The van der Waals surface area contributed by atoms with E-state index in [1.807, 2.05) is 0 Å². The molecule has 0 aliphatic heterocycles. The molecule has 0 atom stereocenters. The Balaban J connectivity index is 0. The maximum atomic E-state index is 0. The van der Waals surface area contributed by atoms with Crippen molar-refractivity contribution in [3.63, 3.8) is 0 Å². The molecule has 0 aromatic heterocycles. The molecular weight excluding hydrogens is 290 g/mol. The van der Waals surface area contributed by atoms with E-state index in [0.29, 0.717) is 0 Å². The summed E-state index contributed by atoms with van der Waals surface area (Å²) in [7, 11) is 0. The van der Waals surface area contributed by atoms with Crippen LogP contribution in [0, 0.1) is 0 Å². The molecule has 0 N–H and O–H groups in total. The van der Waals surface area contributed by atoms with Crippen LogP contribution in [-0.2, 0) is 0 Å². The first kappa shape index (κ1) is 31.0. The van der Waals surface area contributed by atoms with Crippen molar-refractivity contribution in [2.75, 3.05) is 0 Å². The molecule has 0 aliphatic carbocycles. The van der Waals surface area contributed by atoms with Gasteiger partial charge in [-0.1, -0.05) is 0 Å². The molecule has 0 spiro atoms. The van der Waals surface area contributed by atoms with Gasteiger partial charge >= 0.3 is 62.7 Å². The van der Waals surface area contributed by atoms with Gasteiger partial charge in [-0.25, -0.2) is 0 Å². The van der Waals surface area contributed by atoms with Crippen molar-refractivity contribution in [3.05, 3.63) is 0 Å². The summed E-state index contributed by atoms with van der Waals surface area (Å²) in [6, 6.07) is 0. The molecular formula is H11AlGaInSe. The third kappa shape index (κ3) is 8.82. The topological polar surface area (TPSA) is 0 Å². The van der Waals surface area contributed by atoms with E-state index in [9.17, 15) is 0 Å². The van der Waals surface area contributed by atoms with Crippen LogP contribution in [0.5, 0.6) is 0 Å². The van der Waals surface area contributed by atoms with Crippen LogP contribution in [-0.4, -0.2) is 80.1 Å². The van der Waals surface area contributed by atoms with Gasteiger partial charge in [0.15, 0.2) is 17.4 Å². The second-order valence-corrected chi connectivity index (χ2v) is 0. The summed E-state index contributed by atoms with van der Waals surface area (Å²) < 4.78 is 0.